The van der Waals surface area contributed by atoms with E-state index in [0.717, 1.165) is 28.8 Å². The van der Waals surface area contributed by atoms with Crippen molar-refractivity contribution < 1.29 is 9.21 Å². The molecule has 3 aromatic rings. The molecule has 2 aromatic heterocycles. The molecule has 0 saturated carbocycles. The number of nitrogens with zero attached hydrogens (tertiary/aromatic N) is 1. The Morgan fingerprint density at radius 3 is 2.71 bits per heavy atom. The molecule has 0 amide bonds. The minimum absolute atomic E-state index is 0.0748. The number of pyridine rings is 1. The van der Waals surface area contributed by atoms with Gasteiger partial charge in [0.15, 0.2) is 5.78 Å². The third-order valence-corrected chi connectivity index (χ3v) is 5.64. The van der Waals surface area contributed by atoms with Crippen LogP contribution in [0.15, 0.2) is 69.3 Å². The second kappa shape index (κ2) is 5.89. The fourth-order valence-electron chi connectivity index (χ4n) is 4.52. The number of anilines is 1. The minimum atomic E-state index is -0.468. The second-order valence-electron chi connectivity index (χ2n) is 8.35. The molecular weight excluding hydrogens is 352 g/mol. The molecule has 1 aromatic carbocycles. The smallest absolute Gasteiger partial charge is 0.342 e. The first-order valence-corrected chi connectivity index (χ1v) is 9.43. The zero-order valence-electron chi connectivity index (χ0n) is 15.8. The maximum atomic E-state index is 13.2. The number of carbonyl (C=O) groups is 1. The number of Topliss-reactive ketones (excluding diaryl/α,β-unsaturated/α-hetero) is 1. The van der Waals surface area contributed by atoms with E-state index in [9.17, 15) is 9.59 Å². The average molecular weight is 372 g/mol. The monoisotopic (exact) mass is 372 g/mol. The Balaban J connectivity index is 1.85. The highest BCUT2D eigenvalue weighted by atomic mass is 16.4. The predicted octanol–water partition coefficient (Wildman–Crippen LogP) is 4.39. The molecule has 0 spiro atoms. The number of allylic oxidation sites excluding steroid dienone is 2. The zero-order chi connectivity index (χ0) is 19.5. The average Bonchev–Trinajstić information content (AvgIpc) is 2.66. The number of aromatic nitrogens is 1. The van der Waals surface area contributed by atoms with Crippen LogP contribution in [0.2, 0.25) is 0 Å². The van der Waals surface area contributed by atoms with E-state index in [4.69, 9.17) is 4.42 Å². The molecule has 0 fully saturated rings. The van der Waals surface area contributed by atoms with Gasteiger partial charge in [0.2, 0.25) is 0 Å². The number of para-hydroxylation sites is 1. The maximum absolute atomic E-state index is 13.2. The largest absolute Gasteiger partial charge is 0.422 e. The van der Waals surface area contributed by atoms with Gasteiger partial charge in [0.05, 0.1) is 17.2 Å². The van der Waals surface area contributed by atoms with Crippen LogP contribution in [0.1, 0.15) is 43.7 Å². The molecule has 1 atom stereocenters. The second-order valence-corrected chi connectivity index (χ2v) is 8.35. The van der Waals surface area contributed by atoms with Gasteiger partial charge in [-0.25, -0.2) is 4.79 Å². The van der Waals surface area contributed by atoms with E-state index in [1.165, 1.54) is 0 Å². The highest BCUT2D eigenvalue weighted by molar-refractivity contribution is 6.04. The van der Waals surface area contributed by atoms with Crippen molar-refractivity contribution in [3.8, 4) is 0 Å². The molecule has 1 unspecified atom stereocenters. The van der Waals surface area contributed by atoms with Gasteiger partial charge in [0.1, 0.15) is 5.58 Å². The molecule has 140 valence electrons. The lowest BCUT2D eigenvalue weighted by Gasteiger charge is -2.39. The molecule has 3 heterocycles. The quantitative estimate of drug-likeness (QED) is 0.642. The molecule has 0 radical (unpaired) electrons. The highest BCUT2D eigenvalue weighted by Crippen LogP contribution is 2.49. The summed E-state index contributed by atoms with van der Waals surface area (Å²) in [5.74, 6) is -0.393. The topological polar surface area (TPSA) is 72.2 Å². The van der Waals surface area contributed by atoms with Gasteiger partial charge in [0, 0.05) is 35.5 Å². The van der Waals surface area contributed by atoms with Gasteiger partial charge in [0.25, 0.3) is 0 Å². The number of fused-ring (bicyclic) bond motifs is 3. The fraction of sp³-hybridized carbons (Fsp3) is 0.261. The van der Waals surface area contributed by atoms with Gasteiger partial charge in [-0.1, -0.05) is 32.0 Å². The molecule has 0 bridgehead atoms. The molecular formula is C23H20N2O3. The summed E-state index contributed by atoms with van der Waals surface area (Å²) in [5.41, 5.74) is 3.61. The van der Waals surface area contributed by atoms with E-state index in [0.29, 0.717) is 23.1 Å². The third-order valence-electron chi connectivity index (χ3n) is 5.64. The van der Waals surface area contributed by atoms with Crippen LogP contribution < -0.4 is 10.9 Å². The normalized spacial score (nSPS) is 20.5. The van der Waals surface area contributed by atoms with Crippen LogP contribution in [0.4, 0.5) is 5.69 Å². The van der Waals surface area contributed by atoms with Crippen LogP contribution >= 0.6 is 0 Å². The summed E-state index contributed by atoms with van der Waals surface area (Å²) in [5, 5.41) is 4.29. The van der Waals surface area contributed by atoms with Crippen LogP contribution in [0.3, 0.4) is 0 Å². The van der Waals surface area contributed by atoms with Gasteiger partial charge >= 0.3 is 5.63 Å². The van der Waals surface area contributed by atoms with E-state index in [1.54, 1.807) is 18.5 Å². The summed E-state index contributed by atoms with van der Waals surface area (Å²) in [6.07, 6.45) is 4.62. The van der Waals surface area contributed by atoms with Crippen LogP contribution in [0, 0.1) is 5.41 Å². The predicted molar refractivity (Wildman–Crippen MR) is 107 cm³/mol. The molecule has 5 nitrogen and oxygen atoms in total. The summed E-state index contributed by atoms with van der Waals surface area (Å²) < 4.78 is 5.62. The van der Waals surface area contributed by atoms with E-state index >= 15 is 0 Å². The summed E-state index contributed by atoms with van der Waals surface area (Å²) in [6.45, 7) is 4.20. The lowest BCUT2D eigenvalue weighted by molar-refractivity contribution is -0.118. The van der Waals surface area contributed by atoms with Crippen molar-refractivity contribution in [3.63, 3.8) is 0 Å². The first-order chi connectivity index (χ1) is 13.4. The van der Waals surface area contributed by atoms with Gasteiger partial charge < -0.3 is 9.73 Å². The van der Waals surface area contributed by atoms with Gasteiger partial charge in [-0.2, -0.15) is 0 Å². The number of carbonyl (C=O) groups excluding carboxylic acids is 1. The molecule has 1 aliphatic heterocycles. The third kappa shape index (κ3) is 2.50. The molecule has 28 heavy (non-hydrogen) atoms. The Morgan fingerprint density at radius 1 is 1.11 bits per heavy atom. The molecule has 5 heteroatoms. The van der Waals surface area contributed by atoms with Gasteiger partial charge in [-0.15, -0.1) is 0 Å². The van der Waals surface area contributed by atoms with Crippen LogP contribution in [0.25, 0.3) is 11.0 Å². The first-order valence-electron chi connectivity index (χ1n) is 9.43. The van der Waals surface area contributed by atoms with Crippen molar-refractivity contribution >= 4 is 22.4 Å². The number of nitrogens with one attached hydrogen (secondary N) is 1. The van der Waals surface area contributed by atoms with Crippen LogP contribution in [0.5, 0.6) is 0 Å². The van der Waals surface area contributed by atoms with Crippen molar-refractivity contribution in [1.82, 2.24) is 4.98 Å². The molecule has 1 aliphatic carbocycles. The van der Waals surface area contributed by atoms with Crippen LogP contribution in [-0.2, 0) is 4.79 Å². The summed E-state index contributed by atoms with van der Waals surface area (Å²) in [4.78, 5) is 30.4. The maximum Gasteiger partial charge on any atom is 0.342 e. The molecule has 0 saturated heterocycles. The lowest BCUT2D eigenvalue weighted by Crippen LogP contribution is -2.35. The van der Waals surface area contributed by atoms with E-state index < -0.39 is 11.5 Å². The summed E-state index contributed by atoms with van der Waals surface area (Å²) >= 11 is 0. The van der Waals surface area contributed by atoms with Gasteiger partial charge in [-0.05, 0) is 35.6 Å². The van der Waals surface area contributed by atoms with Crippen molar-refractivity contribution in [2.75, 3.05) is 5.32 Å². The van der Waals surface area contributed by atoms with Crippen molar-refractivity contribution in [2.45, 2.75) is 32.6 Å². The Morgan fingerprint density at radius 2 is 1.93 bits per heavy atom. The Bertz CT molecular complexity index is 1210. The summed E-state index contributed by atoms with van der Waals surface area (Å²) in [7, 11) is 0. The number of benzene rings is 1. The minimum Gasteiger partial charge on any atom is -0.422 e. The number of hydrogen-bond donors (Lipinski definition) is 1. The molecule has 2 aliphatic rings. The SMILES string of the molecule is CC1(C)CC(=O)C2=C(C1)Nc1c(c(=O)oc3ccccc13)C2c1cccnc1. The standard InChI is InChI=1S/C23H20N2O3/c1-23(2)10-15-19(16(26)11-23)18(13-6-5-9-24-12-13)20-21(25-15)14-7-3-4-8-17(14)28-22(20)27/h3-9,12,18,25H,10-11H2,1-2H3. The van der Waals surface area contributed by atoms with E-state index in [2.05, 4.69) is 24.1 Å². The Labute approximate surface area is 162 Å². The Kier molecular flexibility index (Phi) is 3.56. The fourth-order valence-corrected chi connectivity index (χ4v) is 4.52. The van der Waals surface area contributed by atoms with Crippen molar-refractivity contribution in [1.29, 1.82) is 0 Å². The molecule has 1 N–H and O–H groups in total. The Hall–Kier alpha value is -3.21. The number of rotatable bonds is 1. The van der Waals surface area contributed by atoms with Crippen molar-refractivity contribution in [3.05, 3.63) is 81.6 Å². The number of ketones is 1. The zero-order valence-corrected chi connectivity index (χ0v) is 15.8. The first kappa shape index (κ1) is 16.9. The summed E-state index contributed by atoms with van der Waals surface area (Å²) in [6, 6.07) is 11.2. The lowest BCUT2D eigenvalue weighted by atomic mass is 9.69. The van der Waals surface area contributed by atoms with Crippen molar-refractivity contribution in [2.24, 2.45) is 5.41 Å². The van der Waals surface area contributed by atoms with Crippen LogP contribution in [-0.4, -0.2) is 10.8 Å². The van der Waals surface area contributed by atoms with E-state index in [-0.39, 0.29) is 11.2 Å². The van der Waals surface area contributed by atoms with Gasteiger partial charge in [-0.3, -0.25) is 9.78 Å². The molecule has 5 rings (SSSR count). The highest BCUT2D eigenvalue weighted by Gasteiger charge is 2.42. The van der Waals surface area contributed by atoms with E-state index in [1.807, 2.05) is 30.3 Å². The number of hydrogen-bond acceptors (Lipinski definition) is 5.